The molecule has 5 nitrogen and oxygen atoms in total. The Hall–Kier alpha value is -2.66. The maximum Gasteiger partial charge on any atom is 0.145 e. The molecule has 0 saturated heterocycles. The summed E-state index contributed by atoms with van der Waals surface area (Å²) in [7, 11) is 1.69. The van der Waals surface area contributed by atoms with Crippen molar-refractivity contribution in [2.24, 2.45) is 0 Å². The van der Waals surface area contributed by atoms with Crippen molar-refractivity contribution in [3.05, 3.63) is 60.7 Å². The molecule has 3 aromatic heterocycles. The van der Waals surface area contributed by atoms with Crippen LogP contribution in [0.3, 0.4) is 0 Å². The highest BCUT2D eigenvalue weighted by Crippen LogP contribution is 2.31. The molecule has 142 valence electrons. The number of methoxy groups -OCH3 is 1. The van der Waals surface area contributed by atoms with E-state index in [-0.39, 0.29) is 6.04 Å². The van der Waals surface area contributed by atoms with Crippen molar-refractivity contribution in [3.63, 3.8) is 0 Å². The zero-order chi connectivity index (χ0) is 19.2. The summed E-state index contributed by atoms with van der Waals surface area (Å²) in [6.07, 6.45) is 10.9. The van der Waals surface area contributed by atoms with Crippen LogP contribution >= 0.6 is 0 Å². The number of fused-ring (bicyclic) bond motifs is 1. The lowest BCUT2D eigenvalue weighted by Crippen LogP contribution is -2.19. The van der Waals surface area contributed by atoms with Gasteiger partial charge in [0.25, 0.3) is 0 Å². The van der Waals surface area contributed by atoms with Gasteiger partial charge in [0.05, 0.1) is 12.8 Å². The van der Waals surface area contributed by atoms with Crippen molar-refractivity contribution in [1.82, 2.24) is 19.7 Å². The quantitative estimate of drug-likeness (QED) is 0.446. The molecule has 0 fully saturated rings. The van der Waals surface area contributed by atoms with Crippen molar-refractivity contribution >= 4 is 5.65 Å². The van der Waals surface area contributed by atoms with E-state index >= 15 is 0 Å². The van der Waals surface area contributed by atoms with Gasteiger partial charge in [-0.1, -0.05) is 13.0 Å². The Kier molecular flexibility index (Phi) is 6.24. The highest BCUT2D eigenvalue weighted by molar-refractivity contribution is 5.69. The van der Waals surface area contributed by atoms with E-state index in [2.05, 4.69) is 47.4 Å². The van der Waals surface area contributed by atoms with Crippen molar-refractivity contribution in [2.45, 2.75) is 39.2 Å². The molecule has 0 aliphatic carbocycles. The minimum absolute atomic E-state index is 0.184. The molecule has 0 aliphatic rings. The van der Waals surface area contributed by atoms with Gasteiger partial charge in [-0.2, -0.15) is 0 Å². The molecule has 3 rings (SSSR count). The number of ether oxygens (including phenoxy) is 1. The van der Waals surface area contributed by atoms with Gasteiger partial charge in [-0.05, 0) is 56.5 Å². The van der Waals surface area contributed by atoms with Crippen LogP contribution in [0.25, 0.3) is 16.9 Å². The van der Waals surface area contributed by atoms with Gasteiger partial charge < -0.3 is 14.5 Å². The Labute approximate surface area is 161 Å². The number of nitrogens with one attached hydrogen (secondary N) is 1. The van der Waals surface area contributed by atoms with Gasteiger partial charge in [0.2, 0.25) is 0 Å². The summed E-state index contributed by atoms with van der Waals surface area (Å²) in [5.74, 6) is 0.777. The fourth-order valence-electron chi connectivity index (χ4n) is 3.34. The van der Waals surface area contributed by atoms with Gasteiger partial charge in [-0.25, -0.2) is 9.97 Å². The molecule has 27 heavy (non-hydrogen) atoms. The Morgan fingerprint density at radius 3 is 2.96 bits per heavy atom. The van der Waals surface area contributed by atoms with E-state index in [0.717, 1.165) is 54.2 Å². The molecule has 0 bridgehead atoms. The van der Waals surface area contributed by atoms with Crippen LogP contribution in [0.2, 0.25) is 0 Å². The molecule has 5 heteroatoms. The summed E-state index contributed by atoms with van der Waals surface area (Å²) >= 11 is 0. The first-order valence-electron chi connectivity index (χ1n) is 9.53. The second-order valence-electron chi connectivity index (χ2n) is 6.66. The molecule has 0 saturated carbocycles. The van der Waals surface area contributed by atoms with E-state index in [9.17, 15) is 0 Å². The number of aryl methyl sites for hydroxylation is 1. The lowest BCUT2D eigenvalue weighted by atomic mass is 10.0. The maximum absolute atomic E-state index is 5.61. The van der Waals surface area contributed by atoms with Crippen LogP contribution in [0.1, 0.15) is 44.0 Å². The molecule has 0 radical (unpaired) electrons. The van der Waals surface area contributed by atoms with Crippen molar-refractivity contribution in [3.8, 4) is 17.0 Å². The molecule has 0 aromatic carbocycles. The summed E-state index contributed by atoms with van der Waals surface area (Å²) in [6.45, 7) is 8.95. The summed E-state index contributed by atoms with van der Waals surface area (Å²) in [5, 5.41) is 3.42. The highest BCUT2D eigenvalue weighted by Gasteiger charge is 2.15. The first-order valence-corrected chi connectivity index (χ1v) is 9.53. The van der Waals surface area contributed by atoms with Crippen molar-refractivity contribution < 1.29 is 4.74 Å². The lowest BCUT2D eigenvalue weighted by molar-refractivity contribution is 0.414. The monoisotopic (exact) mass is 364 g/mol. The van der Waals surface area contributed by atoms with Crippen molar-refractivity contribution in [1.29, 1.82) is 0 Å². The van der Waals surface area contributed by atoms with Gasteiger partial charge in [0.1, 0.15) is 17.1 Å². The minimum atomic E-state index is 0.184. The Morgan fingerprint density at radius 2 is 2.22 bits per heavy atom. The number of hydrogen-bond acceptors (Lipinski definition) is 4. The summed E-state index contributed by atoms with van der Waals surface area (Å²) in [6, 6.07) is 6.40. The normalized spacial score (nSPS) is 12.3. The third-order valence-electron chi connectivity index (χ3n) is 4.75. The van der Waals surface area contributed by atoms with Crippen LogP contribution < -0.4 is 10.1 Å². The van der Waals surface area contributed by atoms with E-state index < -0.39 is 0 Å². The topological polar surface area (TPSA) is 51.5 Å². The first-order chi connectivity index (χ1) is 13.2. The van der Waals surface area contributed by atoms with E-state index in [1.54, 1.807) is 7.11 Å². The SMILES string of the molecule is C=CCCCc1cc(-c2nc([C@@H](C)NCC)ccc2OC)cn2ccnc12. The van der Waals surface area contributed by atoms with Crippen molar-refractivity contribution in [2.75, 3.05) is 13.7 Å². The first kappa shape index (κ1) is 19.1. The highest BCUT2D eigenvalue weighted by atomic mass is 16.5. The van der Waals surface area contributed by atoms with Gasteiger partial charge in [-0.3, -0.25) is 0 Å². The molecule has 0 aliphatic heterocycles. The molecular formula is C22H28N4O. The average molecular weight is 364 g/mol. The fraction of sp³-hybridized carbons (Fsp3) is 0.364. The minimum Gasteiger partial charge on any atom is -0.494 e. The maximum atomic E-state index is 5.61. The fourth-order valence-corrected chi connectivity index (χ4v) is 3.34. The zero-order valence-corrected chi connectivity index (χ0v) is 16.4. The van der Waals surface area contributed by atoms with Crippen LogP contribution in [0.5, 0.6) is 5.75 Å². The number of pyridine rings is 2. The summed E-state index contributed by atoms with van der Waals surface area (Å²) in [5.41, 5.74) is 5.12. The number of imidazole rings is 1. The number of aromatic nitrogens is 3. The van der Waals surface area contributed by atoms with E-state index in [1.165, 1.54) is 5.56 Å². The van der Waals surface area contributed by atoms with Crippen LogP contribution in [-0.2, 0) is 6.42 Å². The molecule has 3 aromatic rings. The predicted octanol–water partition coefficient (Wildman–Crippen LogP) is 4.58. The average Bonchev–Trinajstić information content (AvgIpc) is 3.16. The third-order valence-corrected chi connectivity index (χ3v) is 4.75. The van der Waals surface area contributed by atoms with Crippen LogP contribution in [0.4, 0.5) is 0 Å². The zero-order valence-electron chi connectivity index (χ0n) is 16.4. The molecule has 0 amide bonds. The second kappa shape index (κ2) is 8.82. The van der Waals surface area contributed by atoms with Crippen LogP contribution in [-0.4, -0.2) is 28.0 Å². The summed E-state index contributed by atoms with van der Waals surface area (Å²) < 4.78 is 7.67. The van der Waals surface area contributed by atoms with E-state index in [1.807, 2.05) is 30.6 Å². The van der Waals surface area contributed by atoms with Crippen LogP contribution in [0.15, 0.2) is 49.4 Å². The largest absolute Gasteiger partial charge is 0.494 e. The standard InChI is InChI=1S/C22H28N4O/c1-5-7-8-9-17-14-18(15-26-13-12-24-22(17)26)21-20(27-4)11-10-19(25-21)16(3)23-6-2/h5,10-16,23H,1,6-9H2,2-4H3/t16-/m1/s1. The lowest BCUT2D eigenvalue weighted by Gasteiger charge is -2.16. The number of unbranched alkanes of at least 4 members (excludes halogenated alkanes) is 1. The molecule has 1 N–H and O–H groups in total. The Morgan fingerprint density at radius 1 is 1.37 bits per heavy atom. The molecule has 0 spiro atoms. The Bertz CT molecular complexity index is 916. The third kappa shape index (κ3) is 4.19. The van der Waals surface area contributed by atoms with Gasteiger partial charge in [0.15, 0.2) is 0 Å². The smallest absolute Gasteiger partial charge is 0.145 e. The number of nitrogens with zero attached hydrogens (tertiary/aromatic N) is 3. The number of hydrogen-bond donors (Lipinski definition) is 1. The van der Waals surface area contributed by atoms with E-state index in [0.29, 0.717) is 0 Å². The van der Waals surface area contributed by atoms with Crippen LogP contribution in [0, 0.1) is 0 Å². The number of rotatable bonds is 9. The van der Waals surface area contributed by atoms with Gasteiger partial charge in [-0.15, -0.1) is 6.58 Å². The number of allylic oxidation sites excluding steroid dienone is 1. The molecular weight excluding hydrogens is 336 g/mol. The van der Waals surface area contributed by atoms with Gasteiger partial charge >= 0.3 is 0 Å². The molecule has 3 heterocycles. The molecule has 0 unspecified atom stereocenters. The predicted molar refractivity (Wildman–Crippen MR) is 110 cm³/mol. The van der Waals surface area contributed by atoms with E-state index in [4.69, 9.17) is 9.72 Å². The summed E-state index contributed by atoms with van der Waals surface area (Å²) in [4.78, 5) is 9.44. The van der Waals surface area contributed by atoms with Gasteiger partial charge in [0, 0.05) is 30.2 Å². The Balaban J connectivity index is 2.07. The molecule has 1 atom stereocenters. The second-order valence-corrected chi connectivity index (χ2v) is 6.66.